The summed E-state index contributed by atoms with van der Waals surface area (Å²) in [4.78, 5) is 30.6. The molecule has 1 saturated heterocycles. The van der Waals surface area contributed by atoms with E-state index >= 15 is 0 Å². The van der Waals surface area contributed by atoms with Crippen LogP contribution in [0, 0.1) is 0 Å². The molecule has 0 unspecified atom stereocenters. The Morgan fingerprint density at radius 2 is 2.00 bits per heavy atom. The van der Waals surface area contributed by atoms with Crippen LogP contribution >= 0.6 is 11.3 Å². The summed E-state index contributed by atoms with van der Waals surface area (Å²) >= 11 is 1.53. The number of likely N-dealkylation sites (tertiary alicyclic amines) is 1. The maximum atomic E-state index is 12.4. The first-order chi connectivity index (χ1) is 13.7. The number of hydrogen-bond donors (Lipinski definition) is 0. The number of thiazole rings is 1. The van der Waals surface area contributed by atoms with E-state index in [0.717, 1.165) is 34.8 Å². The number of carbonyl (C=O) groups excluding carboxylic acids is 2. The Hall–Kier alpha value is -2.99. The van der Waals surface area contributed by atoms with Gasteiger partial charge in [0.2, 0.25) is 5.91 Å². The zero-order valence-corrected chi connectivity index (χ0v) is 16.2. The molecule has 1 amide bonds. The lowest BCUT2D eigenvalue weighted by Crippen LogP contribution is -2.23. The van der Waals surface area contributed by atoms with Gasteiger partial charge in [0.05, 0.1) is 11.3 Å². The van der Waals surface area contributed by atoms with Gasteiger partial charge in [-0.1, -0.05) is 42.5 Å². The van der Waals surface area contributed by atoms with Gasteiger partial charge in [0.15, 0.2) is 0 Å². The molecule has 5 nitrogen and oxygen atoms in total. The molecule has 2 heterocycles. The third-order valence-corrected chi connectivity index (χ3v) is 5.57. The fraction of sp³-hybridized carbons (Fsp3) is 0.227. The Labute approximate surface area is 167 Å². The van der Waals surface area contributed by atoms with Gasteiger partial charge in [-0.2, -0.15) is 0 Å². The molecular formula is C22H20N2O3S. The zero-order valence-electron chi connectivity index (χ0n) is 15.3. The minimum absolute atomic E-state index is 0.136. The summed E-state index contributed by atoms with van der Waals surface area (Å²) in [6, 6.07) is 17.2. The summed E-state index contributed by atoms with van der Waals surface area (Å²) in [5.41, 5.74) is 3.21. The molecule has 2 aromatic carbocycles. The number of ether oxygens (including phenoxy) is 1. The minimum Gasteiger partial charge on any atom is -0.456 e. The van der Waals surface area contributed by atoms with E-state index in [1.165, 1.54) is 11.3 Å². The van der Waals surface area contributed by atoms with Crippen LogP contribution in [0.3, 0.4) is 0 Å². The van der Waals surface area contributed by atoms with Crippen molar-refractivity contribution in [3.63, 3.8) is 0 Å². The smallest absolute Gasteiger partial charge is 0.338 e. The van der Waals surface area contributed by atoms with E-state index in [1.54, 1.807) is 12.1 Å². The van der Waals surface area contributed by atoms with E-state index in [-0.39, 0.29) is 18.5 Å². The molecule has 0 atom stereocenters. The Kier molecular flexibility index (Phi) is 5.48. The van der Waals surface area contributed by atoms with E-state index in [0.29, 0.717) is 18.5 Å². The lowest BCUT2D eigenvalue weighted by Gasteiger charge is -2.15. The SMILES string of the molecule is O=C(OCc1csc(-c2ccccc2)n1)c1cccc(CN2CCCC2=O)c1. The second kappa shape index (κ2) is 8.35. The van der Waals surface area contributed by atoms with E-state index < -0.39 is 0 Å². The normalized spacial score (nSPS) is 13.7. The molecule has 1 aromatic heterocycles. The third-order valence-electron chi connectivity index (χ3n) is 4.63. The molecule has 142 valence electrons. The number of benzene rings is 2. The van der Waals surface area contributed by atoms with Crippen LogP contribution in [-0.2, 0) is 22.7 Å². The predicted molar refractivity (Wildman–Crippen MR) is 108 cm³/mol. The highest BCUT2D eigenvalue weighted by Crippen LogP contribution is 2.23. The molecule has 6 heteroatoms. The topological polar surface area (TPSA) is 59.5 Å². The molecule has 0 N–H and O–H groups in total. The quantitative estimate of drug-likeness (QED) is 0.587. The first-order valence-corrected chi connectivity index (χ1v) is 10.1. The maximum Gasteiger partial charge on any atom is 0.338 e. The van der Waals surface area contributed by atoms with Crippen molar-refractivity contribution in [2.24, 2.45) is 0 Å². The number of rotatable bonds is 6. The van der Waals surface area contributed by atoms with Gasteiger partial charge in [0, 0.05) is 30.5 Å². The number of amides is 1. The van der Waals surface area contributed by atoms with Crippen LogP contribution in [0.4, 0.5) is 0 Å². The van der Waals surface area contributed by atoms with Crippen LogP contribution in [0.5, 0.6) is 0 Å². The molecule has 0 bridgehead atoms. The number of carbonyl (C=O) groups is 2. The molecule has 1 aliphatic rings. The van der Waals surface area contributed by atoms with Gasteiger partial charge in [0.25, 0.3) is 0 Å². The van der Waals surface area contributed by atoms with Gasteiger partial charge in [-0.05, 0) is 24.1 Å². The van der Waals surface area contributed by atoms with Crippen molar-refractivity contribution in [3.05, 3.63) is 76.8 Å². The van der Waals surface area contributed by atoms with Crippen LogP contribution in [0.1, 0.15) is 34.5 Å². The van der Waals surface area contributed by atoms with Crippen LogP contribution in [0.15, 0.2) is 60.0 Å². The fourth-order valence-electron chi connectivity index (χ4n) is 3.20. The monoisotopic (exact) mass is 392 g/mol. The highest BCUT2D eigenvalue weighted by atomic mass is 32.1. The Morgan fingerprint density at radius 3 is 2.79 bits per heavy atom. The van der Waals surface area contributed by atoms with Gasteiger partial charge in [-0.3, -0.25) is 4.79 Å². The molecule has 3 aromatic rings. The number of esters is 1. The second-order valence-corrected chi connectivity index (χ2v) is 7.56. The highest BCUT2D eigenvalue weighted by Gasteiger charge is 2.20. The van der Waals surface area contributed by atoms with E-state index in [4.69, 9.17) is 4.74 Å². The van der Waals surface area contributed by atoms with Crippen LogP contribution in [-0.4, -0.2) is 28.3 Å². The molecular weight excluding hydrogens is 372 g/mol. The number of nitrogens with zero attached hydrogens (tertiary/aromatic N) is 2. The number of hydrogen-bond acceptors (Lipinski definition) is 5. The van der Waals surface area contributed by atoms with Gasteiger partial charge in [0.1, 0.15) is 11.6 Å². The maximum absolute atomic E-state index is 12.4. The predicted octanol–water partition coefficient (Wildman–Crippen LogP) is 4.29. The van der Waals surface area contributed by atoms with E-state index in [1.807, 2.05) is 52.7 Å². The second-order valence-electron chi connectivity index (χ2n) is 6.71. The first kappa shape index (κ1) is 18.4. The molecule has 28 heavy (non-hydrogen) atoms. The molecule has 1 aliphatic heterocycles. The minimum atomic E-state index is -0.385. The summed E-state index contributed by atoms with van der Waals surface area (Å²) < 4.78 is 5.43. The Bertz CT molecular complexity index is 984. The fourth-order valence-corrected chi connectivity index (χ4v) is 4.01. The van der Waals surface area contributed by atoms with E-state index in [9.17, 15) is 9.59 Å². The summed E-state index contributed by atoms with van der Waals surface area (Å²) in [7, 11) is 0. The summed E-state index contributed by atoms with van der Waals surface area (Å²) in [6.45, 7) is 1.45. The standard InChI is InChI=1S/C22H20N2O3S/c25-20-10-5-11-24(20)13-16-6-4-9-18(12-16)22(26)27-14-19-15-28-21(23-19)17-7-2-1-3-8-17/h1-4,6-9,12,15H,5,10-11,13-14H2. The highest BCUT2D eigenvalue weighted by molar-refractivity contribution is 7.13. The Morgan fingerprint density at radius 1 is 1.14 bits per heavy atom. The van der Waals surface area contributed by atoms with Crippen molar-refractivity contribution in [2.75, 3.05) is 6.54 Å². The zero-order chi connectivity index (χ0) is 19.3. The average Bonchev–Trinajstić information content (AvgIpc) is 3.36. The van der Waals surface area contributed by atoms with Crippen molar-refractivity contribution < 1.29 is 14.3 Å². The van der Waals surface area contributed by atoms with Crippen molar-refractivity contribution in [2.45, 2.75) is 26.0 Å². The summed E-state index contributed by atoms with van der Waals surface area (Å²) in [6.07, 6.45) is 1.51. The van der Waals surface area contributed by atoms with Crippen LogP contribution in [0.2, 0.25) is 0 Å². The first-order valence-electron chi connectivity index (χ1n) is 9.23. The van der Waals surface area contributed by atoms with Gasteiger partial charge < -0.3 is 9.64 Å². The summed E-state index contributed by atoms with van der Waals surface area (Å²) in [5, 5.41) is 2.81. The molecule has 0 radical (unpaired) electrons. The molecule has 0 spiro atoms. The molecule has 4 rings (SSSR count). The summed E-state index contributed by atoms with van der Waals surface area (Å²) in [5.74, 6) is -0.213. The van der Waals surface area contributed by atoms with Crippen molar-refractivity contribution in [3.8, 4) is 10.6 Å². The van der Waals surface area contributed by atoms with Crippen LogP contribution in [0.25, 0.3) is 10.6 Å². The van der Waals surface area contributed by atoms with Crippen molar-refractivity contribution in [1.82, 2.24) is 9.88 Å². The molecule has 0 aliphatic carbocycles. The van der Waals surface area contributed by atoms with Crippen molar-refractivity contribution >= 4 is 23.2 Å². The molecule has 1 fully saturated rings. The van der Waals surface area contributed by atoms with Gasteiger partial charge in [-0.15, -0.1) is 11.3 Å². The largest absolute Gasteiger partial charge is 0.456 e. The lowest BCUT2D eigenvalue weighted by atomic mass is 10.1. The number of aromatic nitrogens is 1. The average molecular weight is 392 g/mol. The van der Waals surface area contributed by atoms with Crippen LogP contribution < -0.4 is 0 Å². The van der Waals surface area contributed by atoms with Gasteiger partial charge in [-0.25, -0.2) is 9.78 Å². The van der Waals surface area contributed by atoms with Gasteiger partial charge >= 0.3 is 5.97 Å². The lowest BCUT2D eigenvalue weighted by molar-refractivity contribution is -0.128. The van der Waals surface area contributed by atoms with E-state index in [2.05, 4.69) is 4.98 Å². The molecule has 0 saturated carbocycles. The third kappa shape index (κ3) is 4.28. The van der Waals surface area contributed by atoms with Crippen molar-refractivity contribution in [1.29, 1.82) is 0 Å². The Balaban J connectivity index is 1.37.